The Morgan fingerprint density at radius 3 is 3.00 bits per heavy atom. The van der Waals surface area contributed by atoms with Crippen LogP contribution in [-0.4, -0.2) is 31.0 Å². The molecule has 0 radical (unpaired) electrons. The molecule has 94 valence electrons. The minimum absolute atomic E-state index is 0.0739. The maximum absolute atomic E-state index is 8.96. The Labute approximate surface area is 105 Å². The fraction of sp³-hybridized carbons (Fsp3) is 0.500. The van der Waals surface area contributed by atoms with E-state index in [1.165, 1.54) is 0 Å². The van der Waals surface area contributed by atoms with E-state index in [-0.39, 0.29) is 12.7 Å². The van der Waals surface area contributed by atoms with Gasteiger partial charge in [-0.25, -0.2) is 0 Å². The second-order valence-corrected chi connectivity index (χ2v) is 4.49. The second-order valence-electron chi connectivity index (χ2n) is 4.08. The van der Waals surface area contributed by atoms with Gasteiger partial charge in [0, 0.05) is 6.42 Å². The van der Waals surface area contributed by atoms with E-state index < -0.39 is 6.04 Å². The zero-order valence-electron chi connectivity index (χ0n) is 9.43. The van der Waals surface area contributed by atoms with Gasteiger partial charge in [0.1, 0.15) is 11.9 Å². The summed E-state index contributed by atoms with van der Waals surface area (Å²) in [4.78, 5) is 0. The van der Waals surface area contributed by atoms with Gasteiger partial charge >= 0.3 is 0 Å². The molecule has 1 aromatic rings. The van der Waals surface area contributed by atoms with Crippen LogP contribution in [0.1, 0.15) is 18.0 Å². The zero-order chi connectivity index (χ0) is 12.3. The summed E-state index contributed by atoms with van der Waals surface area (Å²) in [5.74, 6) is 0.635. The Balaban J connectivity index is 2.08. The SMILES string of the molecule is NC(CO)c1ccc(OC2CCOC2)c(Cl)c1. The highest BCUT2D eigenvalue weighted by molar-refractivity contribution is 6.32. The maximum Gasteiger partial charge on any atom is 0.138 e. The van der Waals surface area contributed by atoms with E-state index in [0.717, 1.165) is 18.6 Å². The largest absolute Gasteiger partial charge is 0.486 e. The number of ether oxygens (including phenoxy) is 2. The molecule has 1 aliphatic rings. The van der Waals surface area contributed by atoms with Crippen LogP contribution >= 0.6 is 11.6 Å². The number of halogens is 1. The summed E-state index contributed by atoms with van der Waals surface area (Å²) >= 11 is 6.11. The Bertz CT molecular complexity index is 380. The van der Waals surface area contributed by atoms with Crippen LogP contribution in [0.5, 0.6) is 5.75 Å². The van der Waals surface area contributed by atoms with E-state index >= 15 is 0 Å². The van der Waals surface area contributed by atoms with Gasteiger partial charge in [-0.05, 0) is 17.7 Å². The Kier molecular flexibility index (Phi) is 4.23. The third-order valence-electron chi connectivity index (χ3n) is 2.76. The van der Waals surface area contributed by atoms with Crippen LogP contribution in [0.25, 0.3) is 0 Å². The van der Waals surface area contributed by atoms with Gasteiger partial charge in [0.15, 0.2) is 0 Å². The van der Waals surface area contributed by atoms with Gasteiger partial charge in [-0.2, -0.15) is 0 Å². The number of hydrogen-bond donors (Lipinski definition) is 2. The number of aliphatic hydroxyl groups is 1. The molecule has 1 saturated heterocycles. The molecule has 17 heavy (non-hydrogen) atoms. The summed E-state index contributed by atoms with van der Waals surface area (Å²) in [6.07, 6.45) is 0.957. The fourth-order valence-electron chi connectivity index (χ4n) is 1.73. The van der Waals surface area contributed by atoms with Crippen molar-refractivity contribution in [2.45, 2.75) is 18.6 Å². The molecule has 3 N–H and O–H groups in total. The molecule has 0 aromatic heterocycles. The topological polar surface area (TPSA) is 64.7 Å². The molecule has 1 aliphatic heterocycles. The molecular formula is C12H16ClNO3. The number of rotatable bonds is 4. The molecular weight excluding hydrogens is 242 g/mol. The molecule has 0 bridgehead atoms. The van der Waals surface area contributed by atoms with Gasteiger partial charge in [-0.15, -0.1) is 0 Å². The van der Waals surface area contributed by atoms with Crippen molar-refractivity contribution in [3.63, 3.8) is 0 Å². The molecule has 4 nitrogen and oxygen atoms in total. The van der Waals surface area contributed by atoms with E-state index in [1.807, 2.05) is 6.07 Å². The highest BCUT2D eigenvalue weighted by Crippen LogP contribution is 2.29. The van der Waals surface area contributed by atoms with Crippen LogP contribution < -0.4 is 10.5 Å². The van der Waals surface area contributed by atoms with Crippen LogP contribution in [0.4, 0.5) is 0 Å². The maximum atomic E-state index is 8.96. The highest BCUT2D eigenvalue weighted by atomic mass is 35.5. The molecule has 2 unspecified atom stereocenters. The minimum atomic E-state index is -0.406. The lowest BCUT2D eigenvalue weighted by Crippen LogP contribution is -2.17. The molecule has 1 fully saturated rings. The first-order valence-electron chi connectivity index (χ1n) is 5.61. The van der Waals surface area contributed by atoms with Crippen molar-refractivity contribution < 1.29 is 14.6 Å². The van der Waals surface area contributed by atoms with Crippen molar-refractivity contribution in [1.82, 2.24) is 0 Å². The fourth-order valence-corrected chi connectivity index (χ4v) is 1.97. The minimum Gasteiger partial charge on any atom is -0.486 e. The van der Waals surface area contributed by atoms with Crippen LogP contribution in [0.2, 0.25) is 5.02 Å². The predicted molar refractivity (Wildman–Crippen MR) is 65.3 cm³/mol. The Morgan fingerprint density at radius 2 is 2.41 bits per heavy atom. The first-order chi connectivity index (χ1) is 8.20. The molecule has 0 amide bonds. The number of hydrogen-bond acceptors (Lipinski definition) is 4. The van der Waals surface area contributed by atoms with Gasteiger partial charge in [-0.1, -0.05) is 17.7 Å². The van der Waals surface area contributed by atoms with Gasteiger partial charge in [-0.3, -0.25) is 0 Å². The predicted octanol–water partition coefficient (Wildman–Crippen LogP) is 1.50. The van der Waals surface area contributed by atoms with Crippen molar-refractivity contribution in [3.05, 3.63) is 28.8 Å². The molecule has 0 aliphatic carbocycles. The van der Waals surface area contributed by atoms with Gasteiger partial charge in [0.05, 0.1) is 30.9 Å². The van der Waals surface area contributed by atoms with Crippen molar-refractivity contribution in [1.29, 1.82) is 0 Å². The summed E-state index contributed by atoms with van der Waals surface area (Å²) in [7, 11) is 0. The van der Waals surface area contributed by atoms with Crippen LogP contribution in [0, 0.1) is 0 Å². The van der Waals surface area contributed by atoms with Crippen LogP contribution in [0.15, 0.2) is 18.2 Å². The van der Waals surface area contributed by atoms with E-state index in [0.29, 0.717) is 17.4 Å². The average molecular weight is 258 g/mol. The van der Waals surface area contributed by atoms with Crippen molar-refractivity contribution >= 4 is 11.6 Å². The van der Waals surface area contributed by atoms with Crippen LogP contribution in [-0.2, 0) is 4.74 Å². The lowest BCUT2D eigenvalue weighted by molar-refractivity contribution is 0.141. The van der Waals surface area contributed by atoms with Crippen LogP contribution in [0.3, 0.4) is 0 Å². The monoisotopic (exact) mass is 257 g/mol. The average Bonchev–Trinajstić information content (AvgIpc) is 2.83. The quantitative estimate of drug-likeness (QED) is 0.858. The normalized spacial score (nSPS) is 21.5. The lowest BCUT2D eigenvalue weighted by atomic mass is 10.1. The van der Waals surface area contributed by atoms with E-state index in [9.17, 15) is 0 Å². The first-order valence-corrected chi connectivity index (χ1v) is 5.99. The molecule has 5 heteroatoms. The van der Waals surface area contributed by atoms with Crippen molar-refractivity contribution in [3.8, 4) is 5.75 Å². The molecule has 1 aromatic carbocycles. The molecule has 2 atom stereocenters. The first kappa shape index (κ1) is 12.6. The summed E-state index contributed by atoms with van der Waals surface area (Å²) in [5, 5.41) is 9.47. The number of aliphatic hydroxyl groups excluding tert-OH is 1. The van der Waals surface area contributed by atoms with Gasteiger partial charge < -0.3 is 20.3 Å². The van der Waals surface area contributed by atoms with E-state index in [4.69, 9.17) is 31.9 Å². The third-order valence-corrected chi connectivity index (χ3v) is 3.06. The zero-order valence-corrected chi connectivity index (χ0v) is 10.2. The number of nitrogens with two attached hydrogens (primary N) is 1. The Morgan fingerprint density at radius 1 is 1.59 bits per heavy atom. The smallest absolute Gasteiger partial charge is 0.138 e. The van der Waals surface area contributed by atoms with Gasteiger partial charge in [0.2, 0.25) is 0 Å². The summed E-state index contributed by atoms with van der Waals surface area (Å²) in [6, 6.07) is 4.92. The summed E-state index contributed by atoms with van der Waals surface area (Å²) in [5.41, 5.74) is 6.51. The summed E-state index contributed by atoms with van der Waals surface area (Å²) < 4.78 is 10.9. The molecule has 1 heterocycles. The molecule has 0 saturated carbocycles. The molecule has 0 spiro atoms. The lowest BCUT2D eigenvalue weighted by Gasteiger charge is -2.15. The third kappa shape index (κ3) is 3.10. The van der Waals surface area contributed by atoms with Crippen molar-refractivity contribution in [2.24, 2.45) is 5.73 Å². The number of benzene rings is 1. The highest BCUT2D eigenvalue weighted by Gasteiger charge is 2.18. The van der Waals surface area contributed by atoms with E-state index in [1.54, 1.807) is 12.1 Å². The van der Waals surface area contributed by atoms with Crippen molar-refractivity contribution in [2.75, 3.05) is 19.8 Å². The van der Waals surface area contributed by atoms with Gasteiger partial charge in [0.25, 0.3) is 0 Å². The molecule has 2 rings (SSSR count). The second kappa shape index (κ2) is 5.69. The van der Waals surface area contributed by atoms with E-state index in [2.05, 4.69) is 0 Å². The standard InChI is InChI=1S/C12H16ClNO3/c13-10-5-8(11(14)6-15)1-2-12(10)17-9-3-4-16-7-9/h1-2,5,9,11,15H,3-4,6-7,14H2. The summed E-state index contributed by atoms with van der Waals surface area (Å²) in [6.45, 7) is 1.23. The Hall–Kier alpha value is -0.810.